The van der Waals surface area contributed by atoms with Gasteiger partial charge >= 0.3 is 12.0 Å². The molecule has 2 amide bonds. The fourth-order valence-electron chi connectivity index (χ4n) is 3.65. The van der Waals surface area contributed by atoms with E-state index < -0.39 is 0 Å². The number of hydrogen-bond donors (Lipinski definition) is 0. The lowest BCUT2D eigenvalue weighted by molar-refractivity contribution is 0.0526. The quantitative estimate of drug-likeness (QED) is 0.496. The standard InChI is InChI=1S/C20H20N2O3.C7H6O/c1-3-25-19(23)16-9-11-17(12-10-16)22-14-13-18(21(2)20(22)24)15-7-5-4-6-8-15;1-3-7-4-2-6(1)5-8-7/h4-14,18H,3H2,1-2H3;1-4H,5H2. The number of ether oxygens (including phenoxy) is 2. The SMILES string of the molecule is CCOC(=O)c1ccc(N2C=CC(c3ccccc3)N(C)C2=O)cc1.c1cc2ccc1CO2. The Kier molecular flexibility index (Phi) is 6.74. The van der Waals surface area contributed by atoms with Gasteiger partial charge in [0.1, 0.15) is 12.4 Å². The van der Waals surface area contributed by atoms with Crippen LogP contribution in [-0.4, -0.2) is 30.6 Å². The van der Waals surface area contributed by atoms with Gasteiger partial charge in [0.15, 0.2) is 0 Å². The molecular formula is C27H26N2O4. The molecule has 0 spiro atoms. The Balaban J connectivity index is 0.000000269. The Morgan fingerprint density at radius 1 is 1.00 bits per heavy atom. The van der Waals surface area contributed by atoms with E-state index in [1.165, 1.54) is 5.56 Å². The lowest BCUT2D eigenvalue weighted by atomic mass is 10.0. The van der Waals surface area contributed by atoms with Crippen molar-refractivity contribution in [1.82, 2.24) is 4.90 Å². The number of carbonyl (C=O) groups is 2. The van der Waals surface area contributed by atoms with Crippen LogP contribution in [0.1, 0.15) is 34.5 Å². The molecule has 1 unspecified atom stereocenters. The van der Waals surface area contributed by atoms with Gasteiger partial charge in [-0.05, 0) is 60.5 Å². The van der Waals surface area contributed by atoms with Crippen molar-refractivity contribution in [3.63, 3.8) is 0 Å². The summed E-state index contributed by atoms with van der Waals surface area (Å²) >= 11 is 0. The Bertz CT molecular complexity index is 1100. The van der Waals surface area contributed by atoms with Gasteiger partial charge in [-0.1, -0.05) is 42.5 Å². The number of benzene rings is 3. The fraction of sp³-hybridized carbons (Fsp3) is 0.185. The third-order valence-corrected chi connectivity index (χ3v) is 5.47. The smallest absolute Gasteiger partial charge is 0.338 e. The predicted molar refractivity (Wildman–Crippen MR) is 127 cm³/mol. The number of esters is 1. The molecule has 0 saturated heterocycles. The number of likely N-dealkylation sites (N-methyl/N-ethyl adjacent to an activating group) is 1. The summed E-state index contributed by atoms with van der Waals surface area (Å²) in [5.41, 5.74) is 3.49. The van der Waals surface area contributed by atoms with Gasteiger partial charge in [0.05, 0.1) is 23.9 Å². The summed E-state index contributed by atoms with van der Waals surface area (Å²) in [5.74, 6) is 0.621. The fourth-order valence-corrected chi connectivity index (χ4v) is 3.65. The van der Waals surface area contributed by atoms with E-state index >= 15 is 0 Å². The van der Waals surface area contributed by atoms with Crippen molar-refractivity contribution in [3.8, 4) is 5.75 Å². The van der Waals surface area contributed by atoms with Gasteiger partial charge in [0.25, 0.3) is 0 Å². The highest BCUT2D eigenvalue weighted by atomic mass is 16.5. The topological polar surface area (TPSA) is 59.1 Å². The van der Waals surface area contributed by atoms with E-state index in [1.54, 1.807) is 54.2 Å². The molecule has 3 heterocycles. The summed E-state index contributed by atoms with van der Waals surface area (Å²) in [6.45, 7) is 2.87. The van der Waals surface area contributed by atoms with Gasteiger partial charge in [0.2, 0.25) is 0 Å². The van der Waals surface area contributed by atoms with E-state index in [0.29, 0.717) is 17.9 Å². The molecule has 3 aliphatic heterocycles. The molecule has 1 atom stereocenters. The minimum absolute atomic E-state index is 0.0937. The lowest BCUT2D eigenvalue weighted by Crippen LogP contribution is -2.43. The second kappa shape index (κ2) is 10.0. The molecule has 168 valence electrons. The zero-order chi connectivity index (χ0) is 23.2. The van der Waals surface area contributed by atoms with E-state index in [4.69, 9.17) is 9.47 Å². The van der Waals surface area contributed by atoms with Crippen LogP contribution >= 0.6 is 0 Å². The van der Waals surface area contributed by atoms with Gasteiger partial charge in [-0.3, -0.25) is 4.90 Å². The first kappa shape index (κ1) is 22.1. The van der Waals surface area contributed by atoms with Crippen molar-refractivity contribution in [1.29, 1.82) is 0 Å². The number of carbonyl (C=O) groups excluding carboxylic acids is 2. The van der Waals surface area contributed by atoms with Crippen LogP contribution in [0.2, 0.25) is 0 Å². The molecule has 33 heavy (non-hydrogen) atoms. The Morgan fingerprint density at radius 3 is 2.21 bits per heavy atom. The van der Waals surface area contributed by atoms with Crippen LogP contribution in [0.5, 0.6) is 5.75 Å². The minimum Gasteiger partial charge on any atom is -0.489 e. The number of amides is 2. The van der Waals surface area contributed by atoms with Crippen LogP contribution in [0.15, 0.2) is 91.1 Å². The monoisotopic (exact) mass is 442 g/mol. The molecule has 6 nitrogen and oxygen atoms in total. The third kappa shape index (κ3) is 5.06. The van der Waals surface area contributed by atoms with Crippen molar-refractivity contribution in [2.75, 3.05) is 18.6 Å². The first-order chi connectivity index (χ1) is 16.1. The number of urea groups is 1. The average Bonchev–Trinajstić information content (AvgIpc) is 2.88. The second-order valence-corrected chi connectivity index (χ2v) is 7.66. The van der Waals surface area contributed by atoms with Crippen LogP contribution in [0.25, 0.3) is 0 Å². The van der Waals surface area contributed by atoms with Crippen LogP contribution in [0, 0.1) is 0 Å². The van der Waals surface area contributed by atoms with Crippen molar-refractivity contribution in [2.24, 2.45) is 0 Å². The third-order valence-electron chi connectivity index (χ3n) is 5.47. The molecule has 3 aromatic rings. The molecular weight excluding hydrogens is 416 g/mol. The Labute approximate surface area is 193 Å². The van der Waals surface area contributed by atoms with Crippen molar-refractivity contribution >= 4 is 17.7 Å². The molecule has 0 aromatic heterocycles. The summed E-state index contributed by atoms with van der Waals surface area (Å²) in [6.07, 6.45) is 3.76. The largest absolute Gasteiger partial charge is 0.489 e. The molecule has 6 rings (SSSR count). The molecule has 0 fully saturated rings. The molecule has 6 heteroatoms. The lowest BCUT2D eigenvalue weighted by Gasteiger charge is -2.35. The summed E-state index contributed by atoms with van der Waals surface area (Å²) < 4.78 is 10.2. The summed E-state index contributed by atoms with van der Waals surface area (Å²) in [4.78, 5) is 27.7. The summed E-state index contributed by atoms with van der Waals surface area (Å²) in [6, 6.07) is 24.6. The number of fused-ring (bicyclic) bond motifs is 3. The molecule has 3 aliphatic rings. The van der Waals surface area contributed by atoms with Crippen LogP contribution in [0.3, 0.4) is 0 Å². The Hall–Kier alpha value is -4.06. The number of anilines is 1. The van der Waals surface area contributed by atoms with Gasteiger partial charge in [0, 0.05) is 13.2 Å². The summed E-state index contributed by atoms with van der Waals surface area (Å²) in [5, 5.41) is 0. The number of hydrogen-bond acceptors (Lipinski definition) is 4. The maximum Gasteiger partial charge on any atom is 0.338 e. The van der Waals surface area contributed by atoms with E-state index in [9.17, 15) is 9.59 Å². The van der Waals surface area contributed by atoms with Crippen molar-refractivity contribution < 1.29 is 19.1 Å². The van der Waals surface area contributed by atoms with Crippen LogP contribution in [0.4, 0.5) is 10.5 Å². The van der Waals surface area contributed by atoms with Gasteiger partial charge in [-0.25, -0.2) is 9.59 Å². The van der Waals surface area contributed by atoms with Crippen molar-refractivity contribution in [2.45, 2.75) is 19.6 Å². The molecule has 0 aliphatic carbocycles. The number of rotatable bonds is 4. The van der Waals surface area contributed by atoms with E-state index in [1.807, 2.05) is 48.5 Å². The molecule has 0 saturated carbocycles. The first-order valence-corrected chi connectivity index (χ1v) is 10.8. The molecule has 0 N–H and O–H groups in total. The summed E-state index contributed by atoms with van der Waals surface area (Å²) in [7, 11) is 1.78. The highest BCUT2D eigenvalue weighted by Gasteiger charge is 2.28. The van der Waals surface area contributed by atoms with Gasteiger partial charge < -0.3 is 14.4 Å². The number of nitrogens with zero attached hydrogens (tertiary/aromatic N) is 2. The highest BCUT2D eigenvalue weighted by molar-refractivity contribution is 5.96. The zero-order valence-corrected chi connectivity index (χ0v) is 18.7. The second-order valence-electron chi connectivity index (χ2n) is 7.66. The van der Waals surface area contributed by atoms with Crippen molar-refractivity contribution in [3.05, 3.63) is 108 Å². The van der Waals surface area contributed by atoms with E-state index in [2.05, 4.69) is 12.1 Å². The van der Waals surface area contributed by atoms with E-state index in [-0.39, 0.29) is 18.0 Å². The normalized spacial score (nSPS) is 16.1. The maximum atomic E-state index is 12.7. The zero-order valence-electron chi connectivity index (χ0n) is 18.7. The van der Waals surface area contributed by atoms with Crippen LogP contribution < -0.4 is 9.64 Å². The maximum absolute atomic E-state index is 12.7. The average molecular weight is 443 g/mol. The molecule has 2 bridgehead atoms. The minimum atomic E-state index is -0.365. The Morgan fingerprint density at radius 2 is 1.70 bits per heavy atom. The van der Waals surface area contributed by atoms with Gasteiger partial charge in [-0.2, -0.15) is 0 Å². The highest BCUT2D eigenvalue weighted by Crippen LogP contribution is 2.29. The van der Waals surface area contributed by atoms with Crippen LogP contribution in [-0.2, 0) is 11.3 Å². The first-order valence-electron chi connectivity index (χ1n) is 10.8. The predicted octanol–water partition coefficient (Wildman–Crippen LogP) is 5.57. The van der Waals surface area contributed by atoms with E-state index in [0.717, 1.165) is 17.9 Å². The molecule has 0 radical (unpaired) electrons. The molecule has 3 aromatic carbocycles. The van der Waals surface area contributed by atoms with Gasteiger partial charge in [-0.15, -0.1) is 0 Å².